The van der Waals surface area contributed by atoms with Crippen molar-refractivity contribution < 1.29 is 0 Å². The van der Waals surface area contributed by atoms with Crippen molar-refractivity contribution in [1.29, 1.82) is 0 Å². The van der Waals surface area contributed by atoms with Crippen LogP contribution in [0.1, 0.15) is 54.4 Å². The summed E-state index contributed by atoms with van der Waals surface area (Å²) in [6, 6.07) is 0. The Hall–Kier alpha value is -0.0800. The minimum Gasteiger partial charge on any atom is -0.329 e. The number of hydrogen-bond donors (Lipinski definition) is 1. The van der Waals surface area contributed by atoms with Gasteiger partial charge in [0.2, 0.25) is 0 Å². The monoisotopic (exact) mass is 228 g/mol. The summed E-state index contributed by atoms with van der Waals surface area (Å²) in [6.45, 7) is 16.8. The van der Waals surface area contributed by atoms with Gasteiger partial charge in [-0.1, -0.05) is 27.7 Å². The lowest BCUT2D eigenvalue weighted by Gasteiger charge is -2.38. The van der Waals surface area contributed by atoms with Crippen LogP contribution >= 0.6 is 0 Å². The molecule has 0 rings (SSSR count). The van der Waals surface area contributed by atoms with Gasteiger partial charge in [0.1, 0.15) is 0 Å². The molecule has 0 atom stereocenters. The van der Waals surface area contributed by atoms with Gasteiger partial charge in [0.15, 0.2) is 0 Å². The van der Waals surface area contributed by atoms with E-state index in [1.807, 2.05) is 0 Å². The van der Waals surface area contributed by atoms with Crippen LogP contribution in [0.2, 0.25) is 0 Å². The maximum absolute atomic E-state index is 5.88. The van der Waals surface area contributed by atoms with Crippen molar-refractivity contribution in [2.24, 2.45) is 17.6 Å². The van der Waals surface area contributed by atoms with E-state index >= 15 is 0 Å². The molecule has 2 nitrogen and oxygen atoms in total. The third-order valence-corrected chi connectivity index (χ3v) is 3.31. The lowest BCUT2D eigenvalue weighted by molar-refractivity contribution is 0.113. The Labute approximate surface area is 103 Å². The summed E-state index contributed by atoms with van der Waals surface area (Å²) in [6.07, 6.45) is 2.53. The van der Waals surface area contributed by atoms with E-state index < -0.39 is 0 Å². The molecule has 0 saturated heterocycles. The van der Waals surface area contributed by atoms with Gasteiger partial charge in [-0.05, 0) is 51.6 Å². The van der Waals surface area contributed by atoms with Gasteiger partial charge in [0.05, 0.1) is 0 Å². The molecule has 0 saturated carbocycles. The Morgan fingerprint density at radius 3 is 1.56 bits per heavy atom. The molecule has 0 fully saturated rings. The smallest absolute Gasteiger partial charge is 0.0275 e. The molecule has 0 spiro atoms. The summed E-state index contributed by atoms with van der Waals surface area (Å²) in [5, 5.41) is 0. The van der Waals surface area contributed by atoms with Gasteiger partial charge in [-0.2, -0.15) is 0 Å². The molecule has 16 heavy (non-hydrogen) atoms. The van der Waals surface area contributed by atoms with Crippen LogP contribution in [0.4, 0.5) is 0 Å². The first kappa shape index (κ1) is 15.9. The van der Waals surface area contributed by atoms with Crippen molar-refractivity contribution in [2.75, 3.05) is 19.6 Å². The number of nitrogens with two attached hydrogens (primary N) is 1. The van der Waals surface area contributed by atoms with Crippen LogP contribution in [0.5, 0.6) is 0 Å². The maximum Gasteiger partial charge on any atom is 0.0275 e. The first-order chi connectivity index (χ1) is 7.29. The molecule has 0 bridgehead atoms. The Bertz CT molecular complexity index is 162. The molecule has 0 aliphatic rings. The van der Waals surface area contributed by atoms with Crippen LogP contribution in [0.25, 0.3) is 0 Å². The SMILES string of the molecule is CC(C)CCN(CCC(C)C)C(C)(C)CN. The Balaban J connectivity index is 4.27. The van der Waals surface area contributed by atoms with Gasteiger partial charge >= 0.3 is 0 Å². The maximum atomic E-state index is 5.88. The summed E-state index contributed by atoms with van der Waals surface area (Å²) >= 11 is 0. The van der Waals surface area contributed by atoms with E-state index in [1.165, 1.54) is 25.9 Å². The fraction of sp³-hybridized carbons (Fsp3) is 1.00. The molecular formula is C14H32N2. The largest absolute Gasteiger partial charge is 0.329 e. The van der Waals surface area contributed by atoms with Crippen LogP contribution in [-0.4, -0.2) is 30.1 Å². The van der Waals surface area contributed by atoms with Crippen molar-refractivity contribution >= 4 is 0 Å². The first-order valence-electron chi connectivity index (χ1n) is 6.74. The topological polar surface area (TPSA) is 29.3 Å². The van der Waals surface area contributed by atoms with E-state index in [0.717, 1.165) is 18.4 Å². The van der Waals surface area contributed by atoms with Gasteiger partial charge in [-0.3, -0.25) is 4.90 Å². The molecule has 0 radical (unpaired) electrons. The fourth-order valence-electron chi connectivity index (χ4n) is 1.67. The zero-order chi connectivity index (χ0) is 12.8. The van der Waals surface area contributed by atoms with Gasteiger partial charge in [-0.25, -0.2) is 0 Å². The molecule has 0 aliphatic heterocycles. The molecule has 2 N–H and O–H groups in total. The van der Waals surface area contributed by atoms with Gasteiger partial charge in [-0.15, -0.1) is 0 Å². The minimum absolute atomic E-state index is 0.143. The number of rotatable bonds is 8. The van der Waals surface area contributed by atoms with Crippen LogP contribution in [-0.2, 0) is 0 Å². The summed E-state index contributed by atoms with van der Waals surface area (Å²) in [7, 11) is 0. The predicted molar refractivity (Wildman–Crippen MR) is 73.6 cm³/mol. The highest BCUT2D eigenvalue weighted by Gasteiger charge is 2.24. The Morgan fingerprint density at radius 1 is 0.938 bits per heavy atom. The Kier molecular flexibility index (Phi) is 7.25. The standard InChI is InChI=1S/C14H32N2/c1-12(2)7-9-16(10-8-13(3)4)14(5,6)11-15/h12-13H,7-11,15H2,1-6H3. The number of hydrogen-bond acceptors (Lipinski definition) is 2. The van der Waals surface area contributed by atoms with Crippen LogP contribution < -0.4 is 5.73 Å². The zero-order valence-corrected chi connectivity index (χ0v) is 12.2. The summed E-state index contributed by atoms with van der Waals surface area (Å²) < 4.78 is 0. The van der Waals surface area contributed by atoms with E-state index in [0.29, 0.717) is 0 Å². The second-order valence-electron chi connectivity index (χ2n) is 6.37. The molecular weight excluding hydrogens is 196 g/mol. The predicted octanol–water partition coefficient (Wildman–Crippen LogP) is 3.12. The molecule has 0 heterocycles. The average molecular weight is 228 g/mol. The summed E-state index contributed by atoms with van der Waals surface area (Å²) in [5.41, 5.74) is 6.02. The second-order valence-corrected chi connectivity index (χ2v) is 6.37. The van der Waals surface area contributed by atoms with Crippen molar-refractivity contribution in [3.8, 4) is 0 Å². The molecule has 0 aromatic heterocycles. The Morgan fingerprint density at radius 2 is 1.31 bits per heavy atom. The highest BCUT2D eigenvalue weighted by molar-refractivity contribution is 4.82. The molecule has 0 unspecified atom stereocenters. The third-order valence-electron chi connectivity index (χ3n) is 3.31. The highest BCUT2D eigenvalue weighted by Crippen LogP contribution is 2.17. The molecule has 0 aliphatic carbocycles. The quantitative estimate of drug-likeness (QED) is 0.691. The second kappa shape index (κ2) is 7.29. The zero-order valence-electron chi connectivity index (χ0n) is 12.2. The molecule has 0 amide bonds. The molecule has 2 heteroatoms. The molecule has 0 aromatic rings. The first-order valence-corrected chi connectivity index (χ1v) is 6.74. The van der Waals surface area contributed by atoms with Gasteiger partial charge in [0, 0.05) is 12.1 Å². The van der Waals surface area contributed by atoms with E-state index in [4.69, 9.17) is 5.73 Å². The lowest BCUT2D eigenvalue weighted by Crippen LogP contribution is -2.50. The third kappa shape index (κ3) is 6.49. The van der Waals surface area contributed by atoms with Crippen molar-refractivity contribution in [2.45, 2.75) is 59.9 Å². The van der Waals surface area contributed by atoms with Gasteiger partial charge in [0.25, 0.3) is 0 Å². The number of nitrogens with zero attached hydrogens (tertiary/aromatic N) is 1. The fourth-order valence-corrected chi connectivity index (χ4v) is 1.67. The van der Waals surface area contributed by atoms with Gasteiger partial charge < -0.3 is 5.73 Å². The van der Waals surface area contributed by atoms with Crippen LogP contribution in [0.15, 0.2) is 0 Å². The molecule has 98 valence electrons. The summed E-state index contributed by atoms with van der Waals surface area (Å²) in [4.78, 5) is 2.56. The molecule has 0 aromatic carbocycles. The van der Waals surface area contributed by atoms with E-state index in [9.17, 15) is 0 Å². The van der Waals surface area contributed by atoms with E-state index in [-0.39, 0.29) is 5.54 Å². The van der Waals surface area contributed by atoms with E-state index in [2.05, 4.69) is 46.4 Å². The lowest BCUT2D eigenvalue weighted by atomic mass is 9.99. The van der Waals surface area contributed by atoms with Crippen LogP contribution in [0, 0.1) is 11.8 Å². The van der Waals surface area contributed by atoms with Crippen molar-refractivity contribution in [3.05, 3.63) is 0 Å². The highest BCUT2D eigenvalue weighted by atomic mass is 15.2. The van der Waals surface area contributed by atoms with Crippen molar-refractivity contribution in [1.82, 2.24) is 4.90 Å². The summed E-state index contributed by atoms with van der Waals surface area (Å²) in [5.74, 6) is 1.55. The minimum atomic E-state index is 0.143. The van der Waals surface area contributed by atoms with Crippen LogP contribution in [0.3, 0.4) is 0 Å². The van der Waals surface area contributed by atoms with E-state index in [1.54, 1.807) is 0 Å². The normalized spacial score (nSPS) is 13.1. The average Bonchev–Trinajstić information content (AvgIpc) is 2.16. The van der Waals surface area contributed by atoms with Crippen molar-refractivity contribution in [3.63, 3.8) is 0 Å².